The van der Waals surface area contributed by atoms with E-state index in [1.54, 1.807) is 0 Å². The predicted octanol–water partition coefficient (Wildman–Crippen LogP) is 1.00. The average Bonchev–Trinajstić information content (AvgIpc) is 2.26. The monoisotopic (exact) mass is 212 g/mol. The van der Waals surface area contributed by atoms with E-state index in [0.717, 1.165) is 0 Å². The predicted molar refractivity (Wildman–Crippen MR) is 53.1 cm³/mol. The van der Waals surface area contributed by atoms with Crippen LogP contribution in [0.3, 0.4) is 0 Å². The number of nitriles is 1. The second-order valence-corrected chi connectivity index (χ2v) is 3.91. The van der Waals surface area contributed by atoms with Gasteiger partial charge in [-0.2, -0.15) is 5.26 Å². The van der Waals surface area contributed by atoms with Gasteiger partial charge in [-0.3, -0.25) is 0 Å². The molecule has 1 rings (SSSR count). The first-order valence-corrected chi connectivity index (χ1v) is 5.06. The van der Waals surface area contributed by atoms with Gasteiger partial charge in [-0.1, -0.05) is 13.8 Å². The number of rotatable bonds is 2. The van der Waals surface area contributed by atoms with Crippen LogP contribution in [0, 0.1) is 17.2 Å². The molecule has 0 aromatic carbocycles. The van der Waals surface area contributed by atoms with Crippen molar-refractivity contribution in [3.63, 3.8) is 0 Å². The van der Waals surface area contributed by atoms with Crippen LogP contribution >= 0.6 is 0 Å². The molecule has 1 heterocycles. The molecule has 1 aliphatic heterocycles. The van der Waals surface area contributed by atoms with Gasteiger partial charge < -0.3 is 14.4 Å². The first-order valence-electron chi connectivity index (χ1n) is 5.06. The van der Waals surface area contributed by atoms with E-state index >= 15 is 0 Å². The van der Waals surface area contributed by atoms with E-state index in [2.05, 4.69) is 0 Å². The lowest BCUT2D eigenvalue weighted by molar-refractivity contribution is -0.00380. The van der Waals surface area contributed by atoms with Crippen molar-refractivity contribution in [2.45, 2.75) is 20.0 Å². The molecule has 0 aliphatic carbocycles. The van der Waals surface area contributed by atoms with Crippen molar-refractivity contribution in [2.75, 3.05) is 26.3 Å². The highest BCUT2D eigenvalue weighted by molar-refractivity contribution is 5.67. The molecule has 0 saturated carbocycles. The molecule has 1 aliphatic rings. The lowest BCUT2D eigenvalue weighted by Crippen LogP contribution is -2.45. The van der Waals surface area contributed by atoms with Gasteiger partial charge in [-0.25, -0.2) is 4.79 Å². The number of nitrogens with zero attached hydrogens (tertiary/aromatic N) is 2. The van der Waals surface area contributed by atoms with Crippen molar-refractivity contribution < 1.29 is 14.3 Å². The summed E-state index contributed by atoms with van der Waals surface area (Å²) in [6.45, 7) is 5.56. The highest BCUT2D eigenvalue weighted by atomic mass is 16.6. The highest BCUT2D eigenvalue weighted by Crippen LogP contribution is 2.06. The van der Waals surface area contributed by atoms with E-state index < -0.39 is 6.10 Å². The maximum atomic E-state index is 11.5. The fourth-order valence-electron chi connectivity index (χ4n) is 1.22. The van der Waals surface area contributed by atoms with Crippen LogP contribution < -0.4 is 0 Å². The third-order valence-electron chi connectivity index (χ3n) is 2.01. The minimum atomic E-state index is -0.523. The number of morpholine rings is 1. The van der Waals surface area contributed by atoms with Gasteiger partial charge in [0, 0.05) is 6.54 Å². The molecule has 0 radical (unpaired) electrons. The smallest absolute Gasteiger partial charge is 0.409 e. The highest BCUT2D eigenvalue weighted by Gasteiger charge is 2.24. The van der Waals surface area contributed by atoms with Crippen molar-refractivity contribution in [1.82, 2.24) is 4.90 Å². The summed E-state index contributed by atoms with van der Waals surface area (Å²) in [6.07, 6.45) is -0.877. The fourth-order valence-corrected chi connectivity index (χ4v) is 1.22. The Kier molecular flexibility index (Phi) is 4.37. The van der Waals surface area contributed by atoms with Crippen molar-refractivity contribution in [2.24, 2.45) is 5.92 Å². The van der Waals surface area contributed by atoms with Gasteiger partial charge in [0.25, 0.3) is 0 Å². The van der Waals surface area contributed by atoms with Crippen LogP contribution in [0.2, 0.25) is 0 Å². The molecular formula is C10H16N2O3. The lowest BCUT2D eigenvalue weighted by Gasteiger charge is -2.29. The summed E-state index contributed by atoms with van der Waals surface area (Å²) in [5.41, 5.74) is 0. The Morgan fingerprint density at radius 3 is 3.07 bits per heavy atom. The quantitative estimate of drug-likeness (QED) is 0.685. The second-order valence-electron chi connectivity index (χ2n) is 3.91. The van der Waals surface area contributed by atoms with E-state index in [1.165, 1.54) is 4.90 Å². The molecule has 0 bridgehead atoms. The number of carbonyl (C=O) groups excluding carboxylic acids is 1. The number of hydrogen-bond donors (Lipinski definition) is 0. The zero-order valence-corrected chi connectivity index (χ0v) is 9.10. The van der Waals surface area contributed by atoms with Gasteiger partial charge in [-0.05, 0) is 5.92 Å². The van der Waals surface area contributed by atoms with Crippen LogP contribution in [0.4, 0.5) is 4.79 Å². The van der Waals surface area contributed by atoms with E-state index in [-0.39, 0.29) is 6.09 Å². The molecule has 84 valence electrons. The summed E-state index contributed by atoms with van der Waals surface area (Å²) >= 11 is 0. The van der Waals surface area contributed by atoms with E-state index in [9.17, 15) is 4.79 Å². The Bertz CT molecular complexity index is 260. The van der Waals surface area contributed by atoms with Crippen LogP contribution in [0.5, 0.6) is 0 Å². The van der Waals surface area contributed by atoms with Crippen LogP contribution in [0.25, 0.3) is 0 Å². The van der Waals surface area contributed by atoms with Gasteiger partial charge in [0.15, 0.2) is 6.10 Å². The third kappa shape index (κ3) is 3.76. The van der Waals surface area contributed by atoms with Gasteiger partial charge in [0.2, 0.25) is 0 Å². The third-order valence-corrected chi connectivity index (χ3v) is 2.01. The molecular weight excluding hydrogens is 196 g/mol. The Labute approximate surface area is 89.6 Å². The summed E-state index contributed by atoms with van der Waals surface area (Å²) in [5.74, 6) is 0.321. The largest absolute Gasteiger partial charge is 0.449 e. The Balaban J connectivity index is 2.36. The van der Waals surface area contributed by atoms with E-state index in [1.807, 2.05) is 19.9 Å². The minimum absolute atomic E-state index is 0.299. The van der Waals surface area contributed by atoms with Crippen molar-refractivity contribution in [1.29, 1.82) is 5.26 Å². The Morgan fingerprint density at radius 2 is 2.47 bits per heavy atom. The van der Waals surface area contributed by atoms with Gasteiger partial charge >= 0.3 is 6.09 Å². The first kappa shape index (κ1) is 11.8. The lowest BCUT2D eigenvalue weighted by atomic mass is 10.2. The molecule has 5 heteroatoms. The first-order chi connectivity index (χ1) is 7.13. The molecule has 0 aromatic heterocycles. The molecule has 1 amide bonds. The molecule has 1 atom stereocenters. The van der Waals surface area contributed by atoms with Crippen LogP contribution in [0.15, 0.2) is 0 Å². The maximum Gasteiger partial charge on any atom is 0.409 e. The van der Waals surface area contributed by atoms with E-state index in [0.29, 0.717) is 32.2 Å². The molecule has 0 spiro atoms. The van der Waals surface area contributed by atoms with Gasteiger partial charge in [-0.15, -0.1) is 0 Å². The molecule has 1 unspecified atom stereocenters. The van der Waals surface area contributed by atoms with Crippen molar-refractivity contribution >= 4 is 6.09 Å². The number of ether oxygens (including phenoxy) is 2. The molecule has 1 saturated heterocycles. The average molecular weight is 212 g/mol. The summed E-state index contributed by atoms with van der Waals surface area (Å²) in [5, 5.41) is 8.65. The zero-order valence-electron chi connectivity index (χ0n) is 9.10. The zero-order chi connectivity index (χ0) is 11.3. The molecule has 5 nitrogen and oxygen atoms in total. The number of amides is 1. The molecule has 1 fully saturated rings. The molecule has 0 aromatic rings. The second kappa shape index (κ2) is 5.56. The summed E-state index contributed by atoms with van der Waals surface area (Å²) in [4.78, 5) is 13.0. The summed E-state index contributed by atoms with van der Waals surface area (Å²) in [6, 6.07) is 1.98. The number of carbonyl (C=O) groups is 1. The van der Waals surface area contributed by atoms with Crippen LogP contribution in [0.1, 0.15) is 13.8 Å². The minimum Gasteiger partial charge on any atom is -0.449 e. The van der Waals surface area contributed by atoms with Crippen molar-refractivity contribution in [3.8, 4) is 6.07 Å². The maximum absolute atomic E-state index is 11.5. The van der Waals surface area contributed by atoms with Gasteiger partial charge in [0.1, 0.15) is 0 Å². The molecule has 15 heavy (non-hydrogen) atoms. The van der Waals surface area contributed by atoms with Crippen LogP contribution in [-0.2, 0) is 9.47 Å². The molecule has 0 N–H and O–H groups in total. The van der Waals surface area contributed by atoms with Gasteiger partial charge in [0.05, 0.1) is 25.8 Å². The van der Waals surface area contributed by atoms with E-state index in [4.69, 9.17) is 14.7 Å². The summed E-state index contributed by atoms with van der Waals surface area (Å²) < 4.78 is 10.2. The standard InChI is InChI=1S/C10H16N2O3/c1-8(2)7-15-10(13)12-3-4-14-9(5-11)6-12/h8-9H,3-4,6-7H2,1-2H3. The SMILES string of the molecule is CC(C)COC(=O)N1CCOC(C#N)C1. The Hall–Kier alpha value is -1.28. The Morgan fingerprint density at radius 1 is 1.73 bits per heavy atom. The van der Waals surface area contributed by atoms with Crippen LogP contribution in [-0.4, -0.2) is 43.4 Å². The summed E-state index contributed by atoms with van der Waals surface area (Å²) in [7, 11) is 0. The normalized spacial score (nSPS) is 21.2. The number of hydrogen-bond acceptors (Lipinski definition) is 4. The topological polar surface area (TPSA) is 62.6 Å². The fraction of sp³-hybridized carbons (Fsp3) is 0.800. The van der Waals surface area contributed by atoms with Crippen molar-refractivity contribution in [3.05, 3.63) is 0 Å².